The molecule has 1 atom stereocenters. The van der Waals surface area contributed by atoms with Gasteiger partial charge in [0.2, 0.25) is 5.91 Å². The molecular formula is C21H30N2O3. The van der Waals surface area contributed by atoms with Crippen molar-refractivity contribution in [2.75, 3.05) is 33.3 Å². The molecule has 142 valence electrons. The van der Waals surface area contributed by atoms with Crippen LogP contribution >= 0.6 is 0 Å². The largest absolute Gasteiger partial charge is 0.497 e. The van der Waals surface area contributed by atoms with Gasteiger partial charge in [0.15, 0.2) is 0 Å². The van der Waals surface area contributed by atoms with Crippen LogP contribution < -0.4 is 9.47 Å². The van der Waals surface area contributed by atoms with Crippen molar-refractivity contribution >= 4 is 5.91 Å². The highest BCUT2D eigenvalue weighted by atomic mass is 16.5. The highest BCUT2D eigenvalue weighted by molar-refractivity contribution is 5.80. The summed E-state index contributed by atoms with van der Waals surface area (Å²) >= 11 is 0. The number of rotatable bonds is 5. The van der Waals surface area contributed by atoms with Gasteiger partial charge in [-0.3, -0.25) is 9.69 Å². The normalized spacial score (nSPS) is 25.1. The summed E-state index contributed by atoms with van der Waals surface area (Å²) in [4.78, 5) is 17.4. The van der Waals surface area contributed by atoms with E-state index in [1.807, 2.05) is 29.2 Å². The molecule has 0 radical (unpaired) electrons. The molecule has 0 N–H and O–H groups in total. The number of methoxy groups -OCH3 is 1. The van der Waals surface area contributed by atoms with Gasteiger partial charge in [0, 0.05) is 18.7 Å². The summed E-state index contributed by atoms with van der Waals surface area (Å²) in [6, 6.07) is 8.39. The standard InChI is InChI=1S/C21H30N2O3/c1-25-18-9-4-10-19(12-18)26-20-14-23(15-20)21(24)16-6-5-11-22(13-16)17-7-2-3-8-17/h4,9-10,12,16-17,20H,2-3,5-8,11,13-15H2,1H3/t16-/m0/s1. The summed E-state index contributed by atoms with van der Waals surface area (Å²) in [6.45, 7) is 3.55. The van der Waals surface area contributed by atoms with Crippen molar-refractivity contribution in [3.8, 4) is 11.5 Å². The summed E-state index contributed by atoms with van der Waals surface area (Å²) in [5.74, 6) is 2.12. The van der Waals surface area contributed by atoms with Crippen LogP contribution in [0.2, 0.25) is 0 Å². The van der Waals surface area contributed by atoms with Crippen LogP contribution in [0.4, 0.5) is 0 Å². The molecule has 26 heavy (non-hydrogen) atoms. The molecule has 2 aliphatic heterocycles. The van der Waals surface area contributed by atoms with E-state index >= 15 is 0 Å². The third-order valence-corrected chi connectivity index (χ3v) is 6.15. The molecule has 5 heteroatoms. The van der Waals surface area contributed by atoms with Crippen molar-refractivity contribution in [2.24, 2.45) is 5.92 Å². The van der Waals surface area contributed by atoms with Gasteiger partial charge in [-0.15, -0.1) is 0 Å². The maximum absolute atomic E-state index is 12.9. The quantitative estimate of drug-likeness (QED) is 0.812. The van der Waals surface area contributed by atoms with Crippen LogP contribution in [0.1, 0.15) is 38.5 Å². The Balaban J connectivity index is 1.26. The number of amides is 1. The zero-order chi connectivity index (χ0) is 17.9. The van der Waals surface area contributed by atoms with Crippen molar-refractivity contribution < 1.29 is 14.3 Å². The van der Waals surface area contributed by atoms with Gasteiger partial charge in [-0.2, -0.15) is 0 Å². The van der Waals surface area contributed by atoms with Crippen LogP contribution in [0.5, 0.6) is 11.5 Å². The van der Waals surface area contributed by atoms with E-state index in [4.69, 9.17) is 9.47 Å². The molecule has 5 nitrogen and oxygen atoms in total. The van der Waals surface area contributed by atoms with E-state index in [0.717, 1.165) is 36.9 Å². The first-order valence-electron chi connectivity index (χ1n) is 10.1. The lowest BCUT2D eigenvalue weighted by Crippen LogP contribution is -2.59. The van der Waals surface area contributed by atoms with E-state index in [-0.39, 0.29) is 12.0 Å². The monoisotopic (exact) mass is 358 g/mol. The van der Waals surface area contributed by atoms with Crippen molar-refractivity contribution in [1.29, 1.82) is 0 Å². The molecule has 4 rings (SSSR count). The van der Waals surface area contributed by atoms with Crippen molar-refractivity contribution in [1.82, 2.24) is 9.80 Å². The number of carbonyl (C=O) groups excluding carboxylic acids is 1. The van der Waals surface area contributed by atoms with Gasteiger partial charge < -0.3 is 14.4 Å². The number of hydrogen-bond acceptors (Lipinski definition) is 4. The number of likely N-dealkylation sites (tertiary alicyclic amines) is 2. The lowest BCUT2D eigenvalue weighted by atomic mass is 9.93. The molecule has 3 fully saturated rings. The van der Waals surface area contributed by atoms with Gasteiger partial charge in [0.1, 0.15) is 17.6 Å². The zero-order valence-electron chi connectivity index (χ0n) is 15.7. The Hall–Kier alpha value is -1.75. The second-order valence-electron chi connectivity index (χ2n) is 7.93. The SMILES string of the molecule is COc1cccc(OC2CN(C(=O)[C@H]3CCCN(C4CCCC4)C3)C2)c1. The molecule has 2 saturated heterocycles. The van der Waals surface area contributed by atoms with Gasteiger partial charge in [-0.1, -0.05) is 18.9 Å². The van der Waals surface area contributed by atoms with Crippen LogP contribution in [0, 0.1) is 5.92 Å². The number of ether oxygens (including phenoxy) is 2. The maximum atomic E-state index is 12.9. The number of carbonyl (C=O) groups is 1. The summed E-state index contributed by atoms with van der Waals surface area (Å²) in [5.41, 5.74) is 0. The fourth-order valence-electron chi connectivity index (χ4n) is 4.63. The summed E-state index contributed by atoms with van der Waals surface area (Å²) in [6.07, 6.45) is 7.65. The van der Waals surface area contributed by atoms with E-state index in [1.165, 1.54) is 32.2 Å². The van der Waals surface area contributed by atoms with E-state index in [1.54, 1.807) is 7.11 Å². The molecule has 1 amide bonds. The van der Waals surface area contributed by atoms with Gasteiger partial charge >= 0.3 is 0 Å². The molecule has 1 aromatic rings. The minimum Gasteiger partial charge on any atom is -0.497 e. The maximum Gasteiger partial charge on any atom is 0.227 e. The van der Waals surface area contributed by atoms with Crippen LogP contribution in [0.15, 0.2) is 24.3 Å². The lowest BCUT2D eigenvalue weighted by molar-refractivity contribution is -0.146. The van der Waals surface area contributed by atoms with Crippen molar-refractivity contribution in [2.45, 2.75) is 50.7 Å². The average molecular weight is 358 g/mol. The topological polar surface area (TPSA) is 42.0 Å². The Morgan fingerprint density at radius 3 is 2.58 bits per heavy atom. The smallest absolute Gasteiger partial charge is 0.227 e. The van der Waals surface area contributed by atoms with Crippen LogP contribution in [0.25, 0.3) is 0 Å². The minimum absolute atomic E-state index is 0.0978. The second kappa shape index (κ2) is 7.87. The molecule has 3 aliphatic rings. The van der Waals surface area contributed by atoms with Crippen molar-refractivity contribution in [3.63, 3.8) is 0 Å². The molecule has 1 aliphatic carbocycles. The van der Waals surface area contributed by atoms with Crippen LogP contribution in [-0.2, 0) is 4.79 Å². The Kier molecular flexibility index (Phi) is 5.34. The predicted molar refractivity (Wildman–Crippen MR) is 101 cm³/mol. The molecule has 0 aromatic heterocycles. The first kappa shape index (κ1) is 17.7. The minimum atomic E-state index is 0.0978. The highest BCUT2D eigenvalue weighted by Gasteiger charge is 2.38. The van der Waals surface area contributed by atoms with Crippen LogP contribution in [-0.4, -0.2) is 61.1 Å². The Morgan fingerprint density at radius 2 is 1.81 bits per heavy atom. The molecule has 1 saturated carbocycles. The van der Waals surface area contributed by atoms with E-state index < -0.39 is 0 Å². The van der Waals surface area contributed by atoms with E-state index in [0.29, 0.717) is 19.0 Å². The van der Waals surface area contributed by atoms with E-state index in [2.05, 4.69) is 4.90 Å². The van der Waals surface area contributed by atoms with Gasteiger partial charge in [-0.25, -0.2) is 0 Å². The lowest BCUT2D eigenvalue weighted by Gasteiger charge is -2.43. The van der Waals surface area contributed by atoms with Gasteiger partial charge in [0.25, 0.3) is 0 Å². The van der Waals surface area contributed by atoms with E-state index in [9.17, 15) is 4.79 Å². The fraction of sp³-hybridized carbons (Fsp3) is 0.667. The molecule has 1 aromatic carbocycles. The molecule has 0 spiro atoms. The average Bonchev–Trinajstić information content (AvgIpc) is 3.19. The third kappa shape index (κ3) is 3.83. The Morgan fingerprint density at radius 1 is 1.04 bits per heavy atom. The predicted octanol–water partition coefficient (Wildman–Crippen LogP) is 2.94. The zero-order valence-corrected chi connectivity index (χ0v) is 15.7. The Labute approximate surface area is 156 Å². The molecule has 0 bridgehead atoms. The Bertz CT molecular complexity index is 623. The highest BCUT2D eigenvalue weighted by Crippen LogP contribution is 2.30. The van der Waals surface area contributed by atoms with Crippen molar-refractivity contribution in [3.05, 3.63) is 24.3 Å². The second-order valence-corrected chi connectivity index (χ2v) is 7.93. The number of piperidine rings is 1. The molecule has 0 unspecified atom stereocenters. The van der Waals surface area contributed by atoms with Gasteiger partial charge in [0.05, 0.1) is 26.1 Å². The summed E-state index contributed by atoms with van der Waals surface area (Å²) in [7, 11) is 1.65. The molecular weight excluding hydrogens is 328 g/mol. The summed E-state index contributed by atoms with van der Waals surface area (Å²) < 4.78 is 11.2. The summed E-state index contributed by atoms with van der Waals surface area (Å²) in [5, 5.41) is 0. The first-order chi connectivity index (χ1) is 12.7. The van der Waals surface area contributed by atoms with Gasteiger partial charge in [-0.05, 0) is 44.4 Å². The first-order valence-corrected chi connectivity index (χ1v) is 10.1. The number of benzene rings is 1. The fourth-order valence-corrected chi connectivity index (χ4v) is 4.63. The van der Waals surface area contributed by atoms with Crippen LogP contribution in [0.3, 0.4) is 0 Å². The number of nitrogens with zero attached hydrogens (tertiary/aromatic N) is 2. The third-order valence-electron chi connectivity index (χ3n) is 6.15. The molecule has 2 heterocycles. The number of hydrogen-bond donors (Lipinski definition) is 0.